The van der Waals surface area contributed by atoms with Crippen molar-refractivity contribution in [2.45, 2.75) is 48.9 Å². The third kappa shape index (κ3) is 3.71. The van der Waals surface area contributed by atoms with E-state index in [0.717, 1.165) is 30.2 Å². The van der Waals surface area contributed by atoms with Gasteiger partial charge in [-0.25, -0.2) is 13.1 Å². The van der Waals surface area contributed by atoms with Gasteiger partial charge in [0.15, 0.2) is 5.79 Å². The van der Waals surface area contributed by atoms with E-state index in [1.54, 1.807) is 24.3 Å². The Kier molecular flexibility index (Phi) is 4.89. The van der Waals surface area contributed by atoms with Crippen molar-refractivity contribution < 1.29 is 17.9 Å². The van der Waals surface area contributed by atoms with Crippen LogP contribution >= 0.6 is 15.9 Å². The van der Waals surface area contributed by atoms with E-state index in [0.29, 0.717) is 6.61 Å². The Labute approximate surface area is 139 Å². The molecule has 7 heteroatoms. The molecule has 5 nitrogen and oxygen atoms in total. The molecule has 1 saturated carbocycles. The van der Waals surface area contributed by atoms with Gasteiger partial charge in [-0.2, -0.15) is 0 Å². The molecule has 1 atom stereocenters. The van der Waals surface area contributed by atoms with Gasteiger partial charge in [-0.3, -0.25) is 0 Å². The van der Waals surface area contributed by atoms with Crippen LogP contribution in [0.1, 0.15) is 32.1 Å². The molecule has 22 heavy (non-hydrogen) atoms. The van der Waals surface area contributed by atoms with Gasteiger partial charge in [0.2, 0.25) is 10.0 Å². The first-order chi connectivity index (χ1) is 10.5. The van der Waals surface area contributed by atoms with E-state index in [9.17, 15) is 8.42 Å². The highest BCUT2D eigenvalue weighted by Gasteiger charge is 2.42. The summed E-state index contributed by atoms with van der Waals surface area (Å²) in [6.45, 7) is 0.684. The Morgan fingerprint density at radius 3 is 2.55 bits per heavy atom. The number of ether oxygens (including phenoxy) is 2. The molecule has 2 aliphatic rings. The van der Waals surface area contributed by atoms with Crippen LogP contribution in [0.15, 0.2) is 33.6 Å². The van der Waals surface area contributed by atoms with Crippen molar-refractivity contribution in [3.8, 4) is 0 Å². The summed E-state index contributed by atoms with van der Waals surface area (Å²) in [7, 11) is -3.51. The molecule has 0 bridgehead atoms. The van der Waals surface area contributed by atoms with Gasteiger partial charge in [0.1, 0.15) is 0 Å². The molecular formula is C15H20BrNO4S. The zero-order valence-electron chi connectivity index (χ0n) is 12.3. The van der Waals surface area contributed by atoms with Crippen molar-refractivity contribution in [1.29, 1.82) is 0 Å². The topological polar surface area (TPSA) is 64.6 Å². The minimum atomic E-state index is -3.51. The first kappa shape index (κ1) is 16.4. The summed E-state index contributed by atoms with van der Waals surface area (Å²) in [5.41, 5.74) is 0. The lowest BCUT2D eigenvalue weighted by Gasteiger charge is -2.31. The molecule has 1 spiro atoms. The van der Waals surface area contributed by atoms with E-state index >= 15 is 0 Å². The number of rotatable bonds is 4. The molecular weight excluding hydrogens is 370 g/mol. The molecule has 1 aromatic carbocycles. The SMILES string of the molecule is O=S(=O)(NC[C@H]1COC2(CCCCC2)O1)c1ccc(Br)cc1. The van der Waals surface area contributed by atoms with Gasteiger partial charge < -0.3 is 9.47 Å². The zero-order valence-corrected chi connectivity index (χ0v) is 14.7. The molecule has 122 valence electrons. The molecule has 1 N–H and O–H groups in total. The summed E-state index contributed by atoms with van der Waals surface area (Å²) in [5.74, 6) is -0.466. The van der Waals surface area contributed by atoms with Crippen LogP contribution in [0.25, 0.3) is 0 Å². The second-order valence-corrected chi connectivity index (χ2v) is 8.51. The largest absolute Gasteiger partial charge is 0.347 e. The summed E-state index contributed by atoms with van der Waals surface area (Å²) >= 11 is 3.29. The van der Waals surface area contributed by atoms with Gasteiger partial charge in [0.25, 0.3) is 0 Å². The van der Waals surface area contributed by atoms with Crippen LogP contribution in [0.3, 0.4) is 0 Å². The van der Waals surface area contributed by atoms with Crippen molar-refractivity contribution in [2.24, 2.45) is 0 Å². The molecule has 1 aliphatic carbocycles. The fourth-order valence-electron chi connectivity index (χ4n) is 2.97. The zero-order chi connectivity index (χ0) is 15.6. The summed E-state index contributed by atoms with van der Waals surface area (Å²) in [5, 5.41) is 0. The predicted molar refractivity (Wildman–Crippen MR) is 86.0 cm³/mol. The molecule has 1 aromatic rings. The van der Waals surface area contributed by atoms with Crippen LogP contribution in [0.4, 0.5) is 0 Å². The molecule has 0 unspecified atom stereocenters. The lowest BCUT2D eigenvalue weighted by molar-refractivity contribution is -0.186. The molecule has 1 heterocycles. The third-order valence-electron chi connectivity index (χ3n) is 4.15. The van der Waals surface area contributed by atoms with Crippen LogP contribution in [0, 0.1) is 0 Å². The van der Waals surface area contributed by atoms with E-state index in [-0.39, 0.29) is 17.5 Å². The average Bonchev–Trinajstić information content (AvgIpc) is 2.89. The predicted octanol–water partition coefficient (Wildman–Crippen LogP) is 2.80. The Balaban J connectivity index is 1.57. The van der Waals surface area contributed by atoms with Gasteiger partial charge in [0, 0.05) is 23.9 Å². The quantitative estimate of drug-likeness (QED) is 0.859. The summed E-state index contributed by atoms with van der Waals surface area (Å²) in [6.07, 6.45) is 5.03. The number of hydrogen-bond acceptors (Lipinski definition) is 4. The highest BCUT2D eigenvalue weighted by atomic mass is 79.9. The van der Waals surface area contributed by atoms with E-state index in [1.165, 1.54) is 6.42 Å². The Bertz CT molecular complexity index is 611. The van der Waals surface area contributed by atoms with E-state index in [2.05, 4.69) is 20.7 Å². The first-order valence-electron chi connectivity index (χ1n) is 7.56. The maximum atomic E-state index is 12.2. The number of hydrogen-bond donors (Lipinski definition) is 1. The van der Waals surface area contributed by atoms with Crippen LogP contribution < -0.4 is 4.72 Å². The third-order valence-corrected chi connectivity index (χ3v) is 6.12. The van der Waals surface area contributed by atoms with Crippen molar-refractivity contribution in [1.82, 2.24) is 4.72 Å². The number of nitrogens with one attached hydrogen (secondary N) is 1. The minimum absolute atomic E-state index is 0.219. The highest BCUT2D eigenvalue weighted by Crippen LogP contribution is 2.37. The van der Waals surface area contributed by atoms with Gasteiger partial charge >= 0.3 is 0 Å². The van der Waals surface area contributed by atoms with E-state index in [4.69, 9.17) is 9.47 Å². The van der Waals surface area contributed by atoms with Crippen LogP contribution in [0.5, 0.6) is 0 Å². The molecule has 3 rings (SSSR count). The fourth-order valence-corrected chi connectivity index (χ4v) is 4.30. The van der Waals surface area contributed by atoms with E-state index < -0.39 is 15.8 Å². The standard InChI is InChI=1S/C15H20BrNO4S/c16-12-4-6-14(7-5-12)22(18,19)17-10-13-11-20-15(21-13)8-2-1-3-9-15/h4-7,13,17H,1-3,8-11H2/t13-/m0/s1. The second kappa shape index (κ2) is 6.57. The van der Waals surface area contributed by atoms with Crippen LogP contribution in [0.2, 0.25) is 0 Å². The van der Waals surface area contributed by atoms with Crippen molar-refractivity contribution in [2.75, 3.05) is 13.2 Å². The number of sulfonamides is 1. The lowest BCUT2D eigenvalue weighted by atomic mass is 9.94. The second-order valence-electron chi connectivity index (χ2n) is 5.83. The van der Waals surface area contributed by atoms with Crippen molar-refractivity contribution >= 4 is 26.0 Å². The highest BCUT2D eigenvalue weighted by molar-refractivity contribution is 9.10. The summed E-state index contributed by atoms with van der Waals surface area (Å²) < 4.78 is 39.7. The average molecular weight is 390 g/mol. The Morgan fingerprint density at radius 1 is 1.18 bits per heavy atom. The Morgan fingerprint density at radius 2 is 1.86 bits per heavy atom. The molecule has 0 amide bonds. The molecule has 0 radical (unpaired) electrons. The normalized spacial score (nSPS) is 24.7. The summed E-state index contributed by atoms with van der Waals surface area (Å²) in [6, 6.07) is 6.56. The van der Waals surface area contributed by atoms with Gasteiger partial charge in [0.05, 0.1) is 17.6 Å². The van der Waals surface area contributed by atoms with Gasteiger partial charge in [-0.15, -0.1) is 0 Å². The van der Waals surface area contributed by atoms with Crippen LogP contribution in [-0.4, -0.2) is 33.5 Å². The molecule has 1 saturated heterocycles. The Hall–Kier alpha value is -0.470. The smallest absolute Gasteiger partial charge is 0.240 e. The first-order valence-corrected chi connectivity index (χ1v) is 9.84. The number of halogens is 1. The van der Waals surface area contributed by atoms with E-state index in [1.807, 2.05) is 0 Å². The van der Waals surface area contributed by atoms with Crippen molar-refractivity contribution in [3.63, 3.8) is 0 Å². The summed E-state index contributed by atoms with van der Waals surface area (Å²) in [4.78, 5) is 0.252. The monoisotopic (exact) mass is 389 g/mol. The lowest BCUT2D eigenvalue weighted by Crippen LogP contribution is -2.37. The molecule has 2 fully saturated rings. The van der Waals surface area contributed by atoms with Gasteiger partial charge in [-0.1, -0.05) is 22.4 Å². The van der Waals surface area contributed by atoms with Crippen molar-refractivity contribution in [3.05, 3.63) is 28.7 Å². The van der Waals surface area contributed by atoms with Crippen LogP contribution in [-0.2, 0) is 19.5 Å². The minimum Gasteiger partial charge on any atom is -0.347 e. The van der Waals surface area contributed by atoms with Gasteiger partial charge in [-0.05, 0) is 37.1 Å². The maximum Gasteiger partial charge on any atom is 0.240 e. The fraction of sp³-hybridized carbons (Fsp3) is 0.600. The molecule has 1 aliphatic heterocycles. The maximum absolute atomic E-state index is 12.2. The number of benzene rings is 1. The molecule has 0 aromatic heterocycles.